The van der Waals surface area contributed by atoms with Crippen LogP contribution in [0.15, 0.2) is 97.1 Å². The van der Waals surface area contributed by atoms with Crippen molar-refractivity contribution in [1.29, 1.82) is 0 Å². The van der Waals surface area contributed by atoms with E-state index in [1.165, 1.54) is 0 Å². The van der Waals surface area contributed by atoms with Crippen LogP contribution < -0.4 is 21.3 Å². The van der Waals surface area contributed by atoms with Crippen LogP contribution in [0.25, 0.3) is 22.8 Å². The van der Waals surface area contributed by atoms with Crippen LogP contribution in [0.4, 0.5) is 0 Å². The molecule has 7 rings (SSSR count). The van der Waals surface area contributed by atoms with Gasteiger partial charge in [-0.15, -0.1) is 0 Å². The third-order valence-corrected chi connectivity index (χ3v) is 9.06. The van der Waals surface area contributed by atoms with Gasteiger partial charge in [0.15, 0.2) is 0 Å². The Morgan fingerprint density at radius 3 is 0.885 bits per heavy atom. The van der Waals surface area contributed by atoms with E-state index in [2.05, 4.69) is 21.3 Å². The first-order valence-corrected chi connectivity index (χ1v) is 17.7. The summed E-state index contributed by atoms with van der Waals surface area (Å²) in [5.41, 5.74) is 12.2. The van der Waals surface area contributed by atoms with Gasteiger partial charge in [-0.1, -0.05) is 59.7 Å². The number of benzene rings is 2. The van der Waals surface area contributed by atoms with Gasteiger partial charge >= 0.3 is 0 Å². The lowest BCUT2D eigenvalue weighted by molar-refractivity contribution is 0.453. The van der Waals surface area contributed by atoms with Crippen LogP contribution in [0.3, 0.4) is 0 Å². The van der Waals surface area contributed by atoms with E-state index in [1.807, 2.05) is 111 Å². The van der Waals surface area contributed by atoms with E-state index in [4.69, 9.17) is 19.9 Å². The molecule has 0 aliphatic carbocycles. The Labute approximate surface area is 304 Å². The molecule has 5 heterocycles. The maximum Gasteiger partial charge on any atom is 0.124 e. The lowest BCUT2D eigenvalue weighted by Crippen LogP contribution is -2.17. The molecule has 264 valence electrons. The number of phenols is 2. The summed E-state index contributed by atoms with van der Waals surface area (Å²) >= 11 is 0. The van der Waals surface area contributed by atoms with Gasteiger partial charge in [0.25, 0.3) is 0 Å². The zero-order chi connectivity index (χ0) is 35.9. The van der Waals surface area contributed by atoms with E-state index in [1.54, 1.807) is 0 Å². The van der Waals surface area contributed by atoms with Gasteiger partial charge in [-0.05, 0) is 62.4 Å². The second-order valence-corrected chi connectivity index (χ2v) is 13.3. The zero-order valence-electron chi connectivity index (χ0n) is 29.6. The lowest BCUT2D eigenvalue weighted by Gasteiger charge is -2.14. The van der Waals surface area contributed by atoms with Gasteiger partial charge in [-0.3, -0.25) is 0 Å². The molecule has 2 aromatic carbocycles. The molecule has 0 unspecified atom stereocenters. The third-order valence-electron chi connectivity index (χ3n) is 9.06. The number of nitrogens with zero attached hydrogens (tertiary/aromatic N) is 4. The quantitative estimate of drug-likeness (QED) is 0.111. The number of fused-ring (bicyclic) bond motifs is 14. The fourth-order valence-electron chi connectivity index (χ4n) is 6.59. The van der Waals surface area contributed by atoms with E-state index in [0.29, 0.717) is 52.4 Å². The third kappa shape index (κ3) is 8.67. The minimum absolute atomic E-state index is 0.288. The summed E-state index contributed by atoms with van der Waals surface area (Å²) in [6.07, 6.45) is 0. The summed E-state index contributed by atoms with van der Waals surface area (Å²) in [4.78, 5) is 19.5. The molecule has 10 heteroatoms. The van der Waals surface area contributed by atoms with Crippen LogP contribution in [0.2, 0.25) is 0 Å². The molecule has 0 fully saturated rings. The maximum absolute atomic E-state index is 11.2. The molecule has 12 bridgehead atoms. The first kappa shape index (κ1) is 34.9. The van der Waals surface area contributed by atoms with Crippen LogP contribution in [0.5, 0.6) is 11.5 Å². The predicted octanol–water partition coefficient (Wildman–Crippen LogP) is 6.10. The molecule has 0 saturated heterocycles. The Hall–Kier alpha value is -5.52. The van der Waals surface area contributed by atoms with Gasteiger partial charge in [-0.25, -0.2) is 19.9 Å². The minimum atomic E-state index is 0.288. The highest BCUT2D eigenvalue weighted by Gasteiger charge is 2.13. The average molecular weight is 693 g/mol. The summed E-state index contributed by atoms with van der Waals surface area (Å²) < 4.78 is 0. The van der Waals surface area contributed by atoms with E-state index < -0.39 is 0 Å². The molecule has 0 saturated carbocycles. The number of nitrogens with one attached hydrogen (secondary N) is 4. The van der Waals surface area contributed by atoms with E-state index in [9.17, 15) is 10.2 Å². The van der Waals surface area contributed by atoms with Gasteiger partial charge in [0.1, 0.15) is 11.5 Å². The van der Waals surface area contributed by atoms with Gasteiger partial charge < -0.3 is 31.5 Å². The molecule has 0 radical (unpaired) electrons. The standard InChI is InChI=1S/C42H44N8O2/c1-27-15-29-19-43-23-33-7-3-11-37(47-33)39-13-5-9-35(49-39)25-45-21-31-17-28(2)18-32(42(31)52)22-46-26-36-10-6-14-40(50-36)38-12-4-8-34(48-38)24-44-20-30(16-27)41(29)51/h3-18,43-46,51-52H,19-26H2,1-2H3. The van der Waals surface area contributed by atoms with Crippen LogP contribution >= 0.6 is 0 Å². The minimum Gasteiger partial charge on any atom is -0.507 e. The predicted molar refractivity (Wildman–Crippen MR) is 203 cm³/mol. The highest BCUT2D eigenvalue weighted by atomic mass is 16.3. The zero-order valence-corrected chi connectivity index (χ0v) is 29.6. The fourth-order valence-corrected chi connectivity index (χ4v) is 6.59. The van der Waals surface area contributed by atoms with Gasteiger partial charge in [0.2, 0.25) is 0 Å². The van der Waals surface area contributed by atoms with Crippen molar-refractivity contribution in [2.75, 3.05) is 0 Å². The van der Waals surface area contributed by atoms with E-state index >= 15 is 0 Å². The second-order valence-electron chi connectivity index (χ2n) is 13.3. The molecule has 6 aromatic rings. The summed E-state index contributed by atoms with van der Waals surface area (Å²) in [6.45, 7) is 8.21. The summed E-state index contributed by atoms with van der Waals surface area (Å²) in [5, 5.41) is 36.2. The van der Waals surface area contributed by atoms with Crippen LogP contribution in [0, 0.1) is 13.8 Å². The molecule has 0 amide bonds. The van der Waals surface area contributed by atoms with Crippen LogP contribution in [-0.2, 0) is 52.4 Å². The van der Waals surface area contributed by atoms with E-state index in [0.717, 1.165) is 78.9 Å². The van der Waals surface area contributed by atoms with E-state index in [-0.39, 0.29) is 11.5 Å². The number of pyridine rings is 4. The molecule has 1 aliphatic rings. The molecule has 10 nitrogen and oxygen atoms in total. The number of aryl methyl sites for hydroxylation is 2. The van der Waals surface area contributed by atoms with Crippen molar-refractivity contribution in [2.24, 2.45) is 0 Å². The molecule has 52 heavy (non-hydrogen) atoms. The molecular formula is C42H44N8O2. The Bertz CT molecular complexity index is 1890. The van der Waals surface area contributed by atoms with Crippen LogP contribution in [0.1, 0.15) is 56.2 Å². The molecule has 1 aliphatic heterocycles. The van der Waals surface area contributed by atoms with Crippen molar-refractivity contribution in [3.8, 4) is 34.3 Å². The maximum atomic E-state index is 11.2. The smallest absolute Gasteiger partial charge is 0.124 e. The van der Waals surface area contributed by atoms with Crippen molar-refractivity contribution >= 4 is 0 Å². The normalized spacial score (nSPS) is 14.3. The number of phenolic OH excluding ortho intramolecular Hbond substituents is 2. The van der Waals surface area contributed by atoms with Crippen molar-refractivity contribution in [3.63, 3.8) is 0 Å². The first-order valence-electron chi connectivity index (χ1n) is 17.7. The molecule has 0 atom stereocenters. The van der Waals surface area contributed by atoms with Gasteiger partial charge in [-0.2, -0.15) is 0 Å². The number of hydrogen-bond acceptors (Lipinski definition) is 10. The monoisotopic (exact) mass is 692 g/mol. The van der Waals surface area contributed by atoms with Gasteiger partial charge in [0.05, 0.1) is 45.6 Å². The number of rotatable bonds is 0. The summed E-state index contributed by atoms with van der Waals surface area (Å²) in [7, 11) is 0. The summed E-state index contributed by atoms with van der Waals surface area (Å²) in [6, 6.07) is 31.9. The Kier molecular flexibility index (Phi) is 10.9. The van der Waals surface area contributed by atoms with Crippen molar-refractivity contribution in [3.05, 3.63) is 153 Å². The highest BCUT2D eigenvalue weighted by molar-refractivity contribution is 5.55. The number of aromatic nitrogens is 4. The average Bonchev–Trinajstić information content (AvgIpc) is 3.15. The number of aromatic hydroxyl groups is 2. The highest BCUT2D eigenvalue weighted by Crippen LogP contribution is 2.27. The Balaban J connectivity index is 1.14. The largest absolute Gasteiger partial charge is 0.507 e. The molecular weight excluding hydrogens is 649 g/mol. The lowest BCUT2D eigenvalue weighted by atomic mass is 10.0. The molecule has 0 spiro atoms. The first-order chi connectivity index (χ1) is 25.4. The molecule has 6 N–H and O–H groups in total. The Morgan fingerprint density at radius 2 is 0.635 bits per heavy atom. The SMILES string of the molecule is Cc1cc2c(O)c(c1)CNCc1cccc(n1)-c1cccc(n1)CNCc1cc(C)cc(c1O)CNCc1cccc(n1)-c1cccc(n1)CNC2. The topological polar surface area (TPSA) is 140 Å². The number of hydrogen-bond donors (Lipinski definition) is 6. The summed E-state index contributed by atoms with van der Waals surface area (Å²) in [5.74, 6) is 0.575. The van der Waals surface area contributed by atoms with Gasteiger partial charge in [0, 0.05) is 74.6 Å². The Morgan fingerprint density at radius 1 is 0.385 bits per heavy atom. The second kappa shape index (κ2) is 16.2. The van der Waals surface area contributed by atoms with Crippen molar-refractivity contribution in [1.82, 2.24) is 41.2 Å². The fraction of sp³-hybridized carbons (Fsp3) is 0.238. The van der Waals surface area contributed by atoms with Crippen molar-refractivity contribution < 1.29 is 10.2 Å². The molecule has 4 aromatic heterocycles. The van der Waals surface area contributed by atoms with Crippen molar-refractivity contribution in [2.45, 2.75) is 66.2 Å². The van der Waals surface area contributed by atoms with Crippen LogP contribution in [-0.4, -0.2) is 30.1 Å².